The highest BCUT2D eigenvalue weighted by molar-refractivity contribution is 5.41. The summed E-state index contributed by atoms with van der Waals surface area (Å²) < 4.78 is 5.37. The van der Waals surface area contributed by atoms with Crippen molar-refractivity contribution in [1.82, 2.24) is 15.0 Å². The summed E-state index contributed by atoms with van der Waals surface area (Å²) in [6.07, 6.45) is 6.14. The zero-order valence-electron chi connectivity index (χ0n) is 14.1. The second-order valence-electron chi connectivity index (χ2n) is 5.46. The first-order valence-corrected chi connectivity index (χ1v) is 8.17. The Morgan fingerprint density at radius 3 is 2.64 bits per heavy atom. The third kappa shape index (κ3) is 4.91. The Labute approximate surface area is 147 Å². The number of nitrogens with one attached hydrogen (secondary N) is 2. The molecule has 0 saturated heterocycles. The normalized spacial score (nSPS) is 10.3. The Morgan fingerprint density at radius 1 is 0.960 bits per heavy atom. The van der Waals surface area contributed by atoms with Crippen molar-refractivity contribution in [3.63, 3.8) is 0 Å². The number of ether oxygens (including phenoxy) is 1. The van der Waals surface area contributed by atoms with E-state index in [2.05, 4.69) is 31.7 Å². The van der Waals surface area contributed by atoms with Gasteiger partial charge in [-0.2, -0.15) is 4.98 Å². The lowest BCUT2D eigenvalue weighted by molar-refractivity contribution is 0.410. The summed E-state index contributed by atoms with van der Waals surface area (Å²) in [6, 6.07) is 13.8. The van der Waals surface area contributed by atoms with Gasteiger partial charge in [-0.3, -0.25) is 4.98 Å². The van der Waals surface area contributed by atoms with Gasteiger partial charge in [0.05, 0.1) is 7.11 Å². The Balaban J connectivity index is 1.53. The van der Waals surface area contributed by atoms with Gasteiger partial charge in [-0.05, 0) is 41.8 Å². The molecule has 0 aliphatic heterocycles. The molecule has 0 amide bonds. The van der Waals surface area contributed by atoms with Gasteiger partial charge < -0.3 is 15.4 Å². The van der Waals surface area contributed by atoms with Crippen LogP contribution in [0.1, 0.15) is 11.1 Å². The maximum Gasteiger partial charge on any atom is 0.224 e. The van der Waals surface area contributed by atoms with Gasteiger partial charge in [-0.1, -0.05) is 18.2 Å². The van der Waals surface area contributed by atoms with E-state index in [1.54, 1.807) is 25.7 Å². The molecule has 0 atom stereocenters. The number of pyridine rings is 1. The number of hydrogen-bond donors (Lipinski definition) is 2. The quantitative estimate of drug-likeness (QED) is 0.659. The summed E-state index contributed by atoms with van der Waals surface area (Å²) in [6.45, 7) is 1.42. The number of methoxy groups -OCH3 is 1. The minimum absolute atomic E-state index is 0.596. The van der Waals surface area contributed by atoms with E-state index >= 15 is 0 Å². The van der Waals surface area contributed by atoms with Crippen LogP contribution in [0.2, 0.25) is 0 Å². The summed E-state index contributed by atoms with van der Waals surface area (Å²) in [7, 11) is 1.69. The fraction of sp³-hybridized carbons (Fsp3) is 0.211. The fourth-order valence-electron chi connectivity index (χ4n) is 2.46. The van der Waals surface area contributed by atoms with E-state index in [0.717, 1.165) is 30.1 Å². The first kappa shape index (κ1) is 16.7. The highest BCUT2D eigenvalue weighted by Crippen LogP contribution is 2.17. The van der Waals surface area contributed by atoms with Crippen LogP contribution in [0.25, 0.3) is 0 Å². The van der Waals surface area contributed by atoms with Gasteiger partial charge in [0.1, 0.15) is 11.6 Å². The molecule has 2 aromatic heterocycles. The third-order valence-corrected chi connectivity index (χ3v) is 3.75. The Morgan fingerprint density at radius 2 is 1.80 bits per heavy atom. The average molecular weight is 335 g/mol. The van der Waals surface area contributed by atoms with Crippen LogP contribution < -0.4 is 15.4 Å². The Hall–Kier alpha value is -3.15. The largest absolute Gasteiger partial charge is 0.496 e. The summed E-state index contributed by atoms with van der Waals surface area (Å²) in [4.78, 5) is 12.7. The molecule has 1 aromatic carbocycles. The van der Waals surface area contributed by atoms with E-state index in [4.69, 9.17) is 4.74 Å². The molecular weight excluding hydrogens is 314 g/mol. The second-order valence-corrected chi connectivity index (χ2v) is 5.46. The fourth-order valence-corrected chi connectivity index (χ4v) is 2.46. The van der Waals surface area contributed by atoms with Crippen molar-refractivity contribution in [3.8, 4) is 5.75 Å². The number of hydrogen-bond acceptors (Lipinski definition) is 6. The number of aromatic nitrogens is 3. The lowest BCUT2D eigenvalue weighted by Gasteiger charge is -2.10. The molecule has 0 aliphatic rings. The number of para-hydroxylation sites is 1. The summed E-state index contributed by atoms with van der Waals surface area (Å²) in [5, 5.41) is 6.54. The molecule has 0 spiro atoms. The monoisotopic (exact) mass is 335 g/mol. The lowest BCUT2D eigenvalue weighted by Crippen LogP contribution is -2.09. The van der Waals surface area contributed by atoms with E-state index in [-0.39, 0.29) is 0 Å². The zero-order valence-corrected chi connectivity index (χ0v) is 14.1. The van der Waals surface area contributed by atoms with Crippen LogP contribution in [0, 0.1) is 0 Å². The minimum Gasteiger partial charge on any atom is -0.496 e. The first-order valence-electron chi connectivity index (χ1n) is 8.17. The van der Waals surface area contributed by atoms with Crippen molar-refractivity contribution in [2.24, 2.45) is 0 Å². The molecule has 0 unspecified atom stereocenters. The van der Waals surface area contributed by atoms with Crippen LogP contribution >= 0.6 is 0 Å². The Bertz CT molecular complexity index is 795. The molecule has 0 bridgehead atoms. The van der Waals surface area contributed by atoms with Gasteiger partial charge in [0.2, 0.25) is 5.95 Å². The standard InChI is InChI=1S/C19H21N5O/c1-25-17-5-3-2-4-16(17)8-12-21-18-9-13-22-19(24-18)23-14-15-6-10-20-11-7-15/h2-7,9-11,13H,8,12,14H2,1H3,(H2,21,22,23,24). The molecule has 6 nitrogen and oxygen atoms in total. The first-order chi connectivity index (χ1) is 12.3. The van der Waals surface area contributed by atoms with E-state index < -0.39 is 0 Å². The van der Waals surface area contributed by atoms with Crippen LogP contribution in [-0.2, 0) is 13.0 Å². The molecule has 3 rings (SSSR count). The molecule has 0 radical (unpaired) electrons. The van der Waals surface area contributed by atoms with Crippen molar-refractivity contribution in [1.29, 1.82) is 0 Å². The summed E-state index contributed by atoms with van der Waals surface area (Å²) in [5.74, 6) is 2.30. The van der Waals surface area contributed by atoms with Gasteiger partial charge in [-0.15, -0.1) is 0 Å². The average Bonchev–Trinajstić information content (AvgIpc) is 2.68. The van der Waals surface area contributed by atoms with Crippen LogP contribution in [0.5, 0.6) is 5.75 Å². The maximum absolute atomic E-state index is 5.37. The zero-order chi connectivity index (χ0) is 17.3. The molecule has 2 heterocycles. The minimum atomic E-state index is 0.596. The molecule has 3 aromatic rings. The van der Waals surface area contributed by atoms with Crippen LogP contribution in [0.15, 0.2) is 61.1 Å². The highest BCUT2D eigenvalue weighted by Gasteiger charge is 2.03. The van der Waals surface area contributed by atoms with Crippen molar-refractivity contribution in [2.75, 3.05) is 24.3 Å². The van der Waals surface area contributed by atoms with Crippen molar-refractivity contribution in [3.05, 3.63) is 72.2 Å². The van der Waals surface area contributed by atoms with Crippen molar-refractivity contribution in [2.45, 2.75) is 13.0 Å². The summed E-state index contributed by atoms with van der Waals surface area (Å²) >= 11 is 0. The number of nitrogens with zero attached hydrogens (tertiary/aromatic N) is 3. The predicted octanol–water partition coefficient (Wildman–Crippen LogP) is 3.15. The third-order valence-electron chi connectivity index (χ3n) is 3.75. The van der Waals surface area contributed by atoms with E-state index in [1.807, 2.05) is 36.4 Å². The van der Waals surface area contributed by atoms with Crippen LogP contribution in [0.3, 0.4) is 0 Å². The van der Waals surface area contributed by atoms with Crippen LogP contribution in [0.4, 0.5) is 11.8 Å². The number of anilines is 2. The lowest BCUT2D eigenvalue weighted by atomic mass is 10.1. The predicted molar refractivity (Wildman–Crippen MR) is 98.8 cm³/mol. The summed E-state index contributed by atoms with van der Waals surface area (Å²) in [5.41, 5.74) is 2.30. The molecule has 0 aliphatic carbocycles. The van der Waals surface area contributed by atoms with Crippen molar-refractivity contribution >= 4 is 11.8 Å². The number of benzene rings is 1. The van der Waals surface area contributed by atoms with Gasteiger partial charge in [0, 0.05) is 31.7 Å². The smallest absolute Gasteiger partial charge is 0.224 e. The molecular formula is C19H21N5O. The molecule has 128 valence electrons. The molecule has 0 fully saturated rings. The van der Waals surface area contributed by atoms with Gasteiger partial charge in [0.15, 0.2) is 0 Å². The van der Waals surface area contributed by atoms with Gasteiger partial charge >= 0.3 is 0 Å². The SMILES string of the molecule is COc1ccccc1CCNc1ccnc(NCc2ccncc2)n1. The highest BCUT2D eigenvalue weighted by atomic mass is 16.5. The molecule has 6 heteroatoms. The number of rotatable bonds is 8. The molecule has 25 heavy (non-hydrogen) atoms. The second kappa shape index (κ2) is 8.63. The van der Waals surface area contributed by atoms with E-state index in [9.17, 15) is 0 Å². The van der Waals surface area contributed by atoms with Crippen molar-refractivity contribution < 1.29 is 4.74 Å². The maximum atomic E-state index is 5.37. The van der Waals surface area contributed by atoms with Crippen LogP contribution in [-0.4, -0.2) is 28.6 Å². The van der Waals surface area contributed by atoms with E-state index in [1.165, 1.54) is 5.56 Å². The molecule has 2 N–H and O–H groups in total. The van der Waals surface area contributed by atoms with Gasteiger partial charge in [-0.25, -0.2) is 4.98 Å². The van der Waals surface area contributed by atoms with Gasteiger partial charge in [0.25, 0.3) is 0 Å². The van der Waals surface area contributed by atoms with E-state index in [0.29, 0.717) is 12.5 Å². The molecule has 0 saturated carbocycles. The Kier molecular flexibility index (Phi) is 5.77. The topological polar surface area (TPSA) is 72.0 Å².